The van der Waals surface area contributed by atoms with E-state index in [1.165, 1.54) is 35.0 Å². The number of amides is 1. The van der Waals surface area contributed by atoms with Crippen molar-refractivity contribution in [2.75, 3.05) is 5.75 Å². The predicted octanol–water partition coefficient (Wildman–Crippen LogP) is 4.25. The van der Waals surface area contributed by atoms with E-state index in [1.807, 2.05) is 0 Å². The van der Waals surface area contributed by atoms with Gasteiger partial charge >= 0.3 is 0 Å². The molecule has 2 aromatic rings. The average molecular weight is 434 g/mol. The molecule has 0 saturated heterocycles. The molecule has 0 spiro atoms. The van der Waals surface area contributed by atoms with Gasteiger partial charge in [0.15, 0.2) is 5.16 Å². The smallest absolute Gasteiger partial charge is 0.263 e. The molecule has 0 aromatic carbocycles. The highest BCUT2D eigenvalue weighted by Crippen LogP contribution is 2.36. The zero-order chi connectivity index (χ0) is 20.7. The summed E-state index contributed by atoms with van der Waals surface area (Å²) in [5.74, 6) is 1.97. The third-order valence-corrected chi connectivity index (χ3v) is 8.10. The molecule has 0 radical (unpaired) electrons. The van der Waals surface area contributed by atoms with Gasteiger partial charge in [-0.1, -0.05) is 32.5 Å². The third kappa shape index (κ3) is 4.55. The quantitative estimate of drug-likeness (QED) is 0.524. The SMILES string of the molecule is CC(C)Cn1c(SCC(=O)NC(C)C2CC2)nc2sc3c(c2c1=O)CCC(C)C3. The summed E-state index contributed by atoms with van der Waals surface area (Å²) in [6, 6.07) is 0.238. The van der Waals surface area contributed by atoms with Crippen LogP contribution in [0.3, 0.4) is 0 Å². The van der Waals surface area contributed by atoms with Gasteiger partial charge in [-0.25, -0.2) is 4.98 Å². The van der Waals surface area contributed by atoms with Crippen LogP contribution in [0.25, 0.3) is 10.2 Å². The van der Waals surface area contributed by atoms with Gasteiger partial charge in [0.05, 0.1) is 11.1 Å². The van der Waals surface area contributed by atoms with Crippen LogP contribution in [0.2, 0.25) is 0 Å². The maximum Gasteiger partial charge on any atom is 0.263 e. The second kappa shape index (κ2) is 8.42. The molecule has 2 aliphatic carbocycles. The number of hydrogen-bond donors (Lipinski definition) is 1. The van der Waals surface area contributed by atoms with Crippen molar-refractivity contribution in [1.29, 1.82) is 0 Å². The van der Waals surface area contributed by atoms with Gasteiger partial charge in [0, 0.05) is 17.5 Å². The molecule has 29 heavy (non-hydrogen) atoms. The second-order valence-electron chi connectivity index (χ2n) is 9.22. The molecule has 2 atom stereocenters. The maximum absolute atomic E-state index is 13.4. The first-order chi connectivity index (χ1) is 13.8. The molecular weight excluding hydrogens is 402 g/mol. The van der Waals surface area contributed by atoms with E-state index in [1.54, 1.807) is 15.9 Å². The van der Waals surface area contributed by atoms with Crippen molar-refractivity contribution in [3.8, 4) is 0 Å². The van der Waals surface area contributed by atoms with Gasteiger partial charge in [-0.15, -0.1) is 11.3 Å². The molecule has 2 heterocycles. The molecule has 7 heteroatoms. The van der Waals surface area contributed by atoms with E-state index in [4.69, 9.17) is 4.98 Å². The van der Waals surface area contributed by atoms with Gasteiger partial charge < -0.3 is 5.32 Å². The molecule has 2 aliphatic rings. The zero-order valence-electron chi connectivity index (χ0n) is 17.8. The van der Waals surface area contributed by atoms with E-state index in [0.717, 1.165) is 29.5 Å². The molecule has 1 N–H and O–H groups in total. The van der Waals surface area contributed by atoms with Crippen LogP contribution >= 0.6 is 23.1 Å². The highest BCUT2D eigenvalue weighted by Gasteiger charge is 2.29. The van der Waals surface area contributed by atoms with E-state index in [2.05, 4.69) is 33.0 Å². The van der Waals surface area contributed by atoms with Crippen molar-refractivity contribution in [2.45, 2.75) is 77.5 Å². The Kier molecular flexibility index (Phi) is 6.07. The number of fused-ring (bicyclic) bond motifs is 3. The van der Waals surface area contributed by atoms with Gasteiger partial charge in [-0.3, -0.25) is 14.2 Å². The summed E-state index contributed by atoms with van der Waals surface area (Å²) in [4.78, 5) is 32.9. The van der Waals surface area contributed by atoms with Crippen molar-refractivity contribution < 1.29 is 4.79 Å². The third-order valence-electron chi connectivity index (χ3n) is 5.98. The minimum atomic E-state index is 0.0270. The van der Waals surface area contributed by atoms with Gasteiger partial charge in [-0.2, -0.15) is 0 Å². The summed E-state index contributed by atoms with van der Waals surface area (Å²) in [6.07, 6.45) is 5.58. The number of nitrogens with one attached hydrogen (secondary N) is 1. The molecule has 158 valence electrons. The lowest BCUT2D eigenvalue weighted by Gasteiger charge is -2.18. The van der Waals surface area contributed by atoms with Crippen LogP contribution in [0.5, 0.6) is 0 Å². The van der Waals surface area contributed by atoms with E-state index < -0.39 is 0 Å². The zero-order valence-corrected chi connectivity index (χ0v) is 19.4. The molecule has 5 nitrogen and oxygen atoms in total. The Morgan fingerprint density at radius 1 is 1.31 bits per heavy atom. The minimum Gasteiger partial charge on any atom is -0.353 e. The number of carbonyl (C=O) groups excluding carboxylic acids is 1. The van der Waals surface area contributed by atoms with Crippen molar-refractivity contribution in [3.05, 3.63) is 20.8 Å². The summed E-state index contributed by atoms with van der Waals surface area (Å²) >= 11 is 3.07. The number of carbonyl (C=O) groups is 1. The Labute approximate surface area is 180 Å². The molecule has 1 saturated carbocycles. The standard InChI is InChI=1S/C22H31N3O2S2/c1-12(2)10-25-21(27)19-16-8-5-13(3)9-17(16)29-20(19)24-22(25)28-11-18(26)23-14(4)15-6-7-15/h12-15H,5-11H2,1-4H3,(H,23,26). The summed E-state index contributed by atoms with van der Waals surface area (Å²) in [7, 11) is 0. The van der Waals surface area contributed by atoms with Crippen LogP contribution < -0.4 is 10.9 Å². The highest BCUT2D eigenvalue weighted by atomic mass is 32.2. The van der Waals surface area contributed by atoms with Crippen LogP contribution in [0.1, 0.15) is 57.4 Å². The molecule has 4 rings (SSSR count). The van der Waals surface area contributed by atoms with Crippen molar-refractivity contribution >= 4 is 39.2 Å². The Bertz CT molecular complexity index is 975. The van der Waals surface area contributed by atoms with Crippen LogP contribution in [0.15, 0.2) is 9.95 Å². The molecule has 2 unspecified atom stereocenters. The number of aryl methyl sites for hydroxylation is 1. The molecule has 0 aliphatic heterocycles. The largest absolute Gasteiger partial charge is 0.353 e. The average Bonchev–Trinajstić information content (AvgIpc) is 3.44. The number of rotatable bonds is 7. The van der Waals surface area contributed by atoms with Crippen LogP contribution in [-0.4, -0.2) is 27.3 Å². The van der Waals surface area contributed by atoms with Gasteiger partial charge in [0.1, 0.15) is 4.83 Å². The second-order valence-corrected chi connectivity index (χ2v) is 11.2. The summed E-state index contributed by atoms with van der Waals surface area (Å²) in [6.45, 7) is 9.21. The number of aromatic nitrogens is 2. The fourth-order valence-corrected chi connectivity index (χ4v) is 6.42. The molecular formula is C22H31N3O2S2. The van der Waals surface area contributed by atoms with E-state index >= 15 is 0 Å². The Morgan fingerprint density at radius 2 is 2.07 bits per heavy atom. The van der Waals surface area contributed by atoms with Crippen molar-refractivity contribution in [3.63, 3.8) is 0 Å². The summed E-state index contributed by atoms with van der Waals surface area (Å²) in [5, 5.41) is 4.60. The van der Waals surface area contributed by atoms with E-state index in [0.29, 0.717) is 35.2 Å². The Hall–Kier alpha value is -1.34. The fraction of sp³-hybridized carbons (Fsp3) is 0.682. The van der Waals surface area contributed by atoms with Crippen LogP contribution in [0, 0.1) is 17.8 Å². The predicted molar refractivity (Wildman–Crippen MR) is 121 cm³/mol. The number of thiophene rings is 1. The number of nitrogens with zero attached hydrogens (tertiary/aromatic N) is 2. The highest BCUT2D eigenvalue weighted by molar-refractivity contribution is 7.99. The molecule has 2 aromatic heterocycles. The van der Waals surface area contributed by atoms with Gasteiger partial charge in [0.25, 0.3) is 5.56 Å². The van der Waals surface area contributed by atoms with Crippen molar-refractivity contribution in [1.82, 2.24) is 14.9 Å². The Morgan fingerprint density at radius 3 is 2.76 bits per heavy atom. The van der Waals surface area contributed by atoms with Gasteiger partial charge in [0.2, 0.25) is 5.91 Å². The van der Waals surface area contributed by atoms with Crippen LogP contribution in [-0.2, 0) is 24.2 Å². The first-order valence-electron chi connectivity index (χ1n) is 10.8. The molecule has 0 bridgehead atoms. The lowest BCUT2D eigenvalue weighted by molar-refractivity contribution is -0.119. The fourth-order valence-electron chi connectivity index (χ4n) is 4.18. The van der Waals surface area contributed by atoms with Crippen molar-refractivity contribution in [2.24, 2.45) is 17.8 Å². The topological polar surface area (TPSA) is 64.0 Å². The number of hydrogen-bond acceptors (Lipinski definition) is 5. The van der Waals surface area contributed by atoms with E-state index in [9.17, 15) is 9.59 Å². The van der Waals surface area contributed by atoms with Crippen LogP contribution in [0.4, 0.5) is 0 Å². The van der Waals surface area contributed by atoms with Gasteiger partial charge in [-0.05, 0) is 62.3 Å². The molecule has 1 fully saturated rings. The maximum atomic E-state index is 13.4. The minimum absolute atomic E-state index is 0.0270. The lowest BCUT2D eigenvalue weighted by Crippen LogP contribution is -2.35. The Balaban J connectivity index is 1.63. The first kappa shape index (κ1) is 20.9. The lowest BCUT2D eigenvalue weighted by atomic mass is 9.89. The molecule has 1 amide bonds. The number of thioether (sulfide) groups is 1. The first-order valence-corrected chi connectivity index (χ1v) is 12.6. The summed E-state index contributed by atoms with van der Waals surface area (Å²) in [5.41, 5.74) is 1.30. The normalized spacial score (nSPS) is 20.1. The van der Waals surface area contributed by atoms with E-state index in [-0.39, 0.29) is 17.5 Å². The monoisotopic (exact) mass is 433 g/mol. The summed E-state index contributed by atoms with van der Waals surface area (Å²) < 4.78 is 1.81.